The van der Waals surface area contributed by atoms with Gasteiger partial charge in [0.2, 0.25) is 0 Å². The third-order valence-electron chi connectivity index (χ3n) is 2.77. The number of aromatic nitrogens is 1. The molecule has 98 valence electrons. The van der Waals surface area contributed by atoms with E-state index in [1.54, 1.807) is 18.0 Å². The molecule has 0 unspecified atom stereocenters. The number of ether oxygens (including phenoxy) is 2. The highest BCUT2D eigenvalue weighted by atomic mass is 32.2. The van der Waals surface area contributed by atoms with E-state index < -0.39 is 0 Å². The van der Waals surface area contributed by atoms with Gasteiger partial charge in [0.1, 0.15) is 18.2 Å². The minimum atomic E-state index is 0.516. The molecule has 1 aliphatic heterocycles. The summed E-state index contributed by atoms with van der Waals surface area (Å²) in [5, 5.41) is 0.939. The van der Waals surface area contributed by atoms with Gasteiger partial charge < -0.3 is 15.2 Å². The first-order chi connectivity index (χ1) is 9.35. The summed E-state index contributed by atoms with van der Waals surface area (Å²) in [5.41, 5.74) is 6.59. The standard InChI is InChI=1S/C14H14N2O2S/c15-8-10-1-4-14(16-9-10)19-11-2-3-12-13(7-11)18-6-5-17-12/h1-4,7,9H,5-6,8,15H2. The molecule has 1 aliphatic rings. The van der Waals surface area contributed by atoms with Gasteiger partial charge in [-0.25, -0.2) is 4.98 Å². The fraction of sp³-hybridized carbons (Fsp3) is 0.214. The monoisotopic (exact) mass is 274 g/mol. The Labute approximate surface area is 115 Å². The van der Waals surface area contributed by atoms with Gasteiger partial charge in [0.15, 0.2) is 11.5 Å². The van der Waals surface area contributed by atoms with E-state index in [0.29, 0.717) is 19.8 Å². The van der Waals surface area contributed by atoms with Crippen LogP contribution in [0.3, 0.4) is 0 Å². The first-order valence-electron chi connectivity index (χ1n) is 6.07. The van der Waals surface area contributed by atoms with Crippen LogP contribution in [0.25, 0.3) is 0 Å². The third kappa shape index (κ3) is 2.83. The number of nitrogens with zero attached hydrogens (tertiary/aromatic N) is 1. The van der Waals surface area contributed by atoms with Gasteiger partial charge in [-0.3, -0.25) is 0 Å². The Morgan fingerprint density at radius 2 is 1.95 bits per heavy atom. The summed E-state index contributed by atoms with van der Waals surface area (Å²) in [5.74, 6) is 1.61. The normalized spacial score (nSPS) is 13.3. The molecule has 0 radical (unpaired) electrons. The van der Waals surface area contributed by atoms with E-state index in [1.807, 2.05) is 30.3 Å². The smallest absolute Gasteiger partial charge is 0.162 e. The quantitative estimate of drug-likeness (QED) is 0.931. The molecule has 0 saturated carbocycles. The summed E-state index contributed by atoms with van der Waals surface area (Å²) in [4.78, 5) is 5.45. The van der Waals surface area contributed by atoms with Gasteiger partial charge in [0.05, 0.1) is 0 Å². The minimum absolute atomic E-state index is 0.516. The number of benzene rings is 1. The summed E-state index contributed by atoms with van der Waals surface area (Å²) in [6.07, 6.45) is 1.81. The zero-order valence-corrected chi connectivity index (χ0v) is 11.2. The predicted octanol–water partition coefficient (Wildman–Crippen LogP) is 2.46. The van der Waals surface area contributed by atoms with Crippen LogP contribution in [-0.2, 0) is 6.54 Å². The Hall–Kier alpha value is -1.72. The van der Waals surface area contributed by atoms with Gasteiger partial charge in [-0.2, -0.15) is 0 Å². The molecule has 0 amide bonds. The van der Waals surface area contributed by atoms with Crippen molar-refractivity contribution in [3.05, 3.63) is 42.1 Å². The summed E-state index contributed by atoms with van der Waals surface area (Å²) in [6.45, 7) is 1.73. The molecule has 4 nitrogen and oxygen atoms in total. The van der Waals surface area contributed by atoms with Crippen LogP contribution in [-0.4, -0.2) is 18.2 Å². The molecular formula is C14H14N2O2S. The van der Waals surface area contributed by atoms with Crippen molar-refractivity contribution < 1.29 is 9.47 Å². The second kappa shape index (κ2) is 5.50. The second-order valence-electron chi connectivity index (χ2n) is 4.12. The van der Waals surface area contributed by atoms with Gasteiger partial charge in [0, 0.05) is 17.6 Å². The van der Waals surface area contributed by atoms with E-state index >= 15 is 0 Å². The lowest BCUT2D eigenvalue weighted by atomic mass is 10.3. The van der Waals surface area contributed by atoms with Crippen LogP contribution in [0.2, 0.25) is 0 Å². The maximum absolute atomic E-state index is 5.56. The predicted molar refractivity (Wildman–Crippen MR) is 73.7 cm³/mol. The van der Waals surface area contributed by atoms with Crippen LogP contribution in [0, 0.1) is 0 Å². The number of hydrogen-bond donors (Lipinski definition) is 1. The van der Waals surface area contributed by atoms with E-state index in [9.17, 15) is 0 Å². The Morgan fingerprint density at radius 1 is 1.11 bits per heavy atom. The number of fused-ring (bicyclic) bond motifs is 1. The summed E-state index contributed by atoms with van der Waals surface area (Å²) >= 11 is 1.59. The van der Waals surface area contributed by atoms with Crippen molar-refractivity contribution >= 4 is 11.8 Å². The fourth-order valence-corrected chi connectivity index (χ4v) is 2.58. The van der Waals surface area contributed by atoms with Crippen LogP contribution in [0.1, 0.15) is 5.56 Å². The average Bonchev–Trinajstić information content (AvgIpc) is 2.48. The molecule has 2 N–H and O–H groups in total. The first kappa shape index (κ1) is 12.3. The van der Waals surface area contributed by atoms with Gasteiger partial charge in [-0.1, -0.05) is 17.8 Å². The van der Waals surface area contributed by atoms with Crippen molar-refractivity contribution in [2.24, 2.45) is 5.73 Å². The summed E-state index contributed by atoms with van der Waals surface area (Å²) < 4.78 is 11.1. The highest BCUT2D eigenvalue weighted by Gasteiger charge is 2.12. The molecule has 0 atom stereocenters. The lowest BCUT2D eigenvalue weighted by Gasteiger charge is -2.18. The molecule has 3 rings (SSSR count). The molecule has 1 aromatic heterocycles. The molecule has 0 spiro atoms. The Morgan fingerprint density at radius 3 is 2.68 bits per heavy atom. The van der Waals surface area contributed by atoms with Crippen molar-refractivity contribution in [2.45, 2.75) is 16.5 Å². The van der Waals surface area contributed by atoms with Gasteiger partial charge in [0.25, 0.3) is 0 Å². The lowest BCUT2D eigenvalue weighted by Crippen LogP contribution is -2.15. The number of rotatable bonds is 3. The molecule has 0 fully saturated rings. The topological polar surface area (TPSA) is 57.4 Å². The SMILES string of the molecule is NCc1ccc(Sc2ccc3c(c2)OCCO3)nc1. The largest absolute Gasteiger partial charge is 0.486 e. The first-order valence-corrected chi connectivity index (χ1v) is 6.89. The molecule has 0 bridgehead atoms. The van der Waals surface area contributed by atoms with E-state index in [2.05, 4.69) is 4.98 Å². The van der Waals surface area contributed by atoms with Crippen LogP contribution in [0.15, 0.2) is 46.5 Å². The second-order valence-corrected chi connectivity index (χ2v) is 5.21. The molecule has 2 aromatic rings. The van der Waals surface area contributed by atoms with E-state index in [-0.39, 0.29) is 0 Å². The van der Waals surface area contributed by atoms with Crippen LogP contribution in [0.4, 0.5) is 0 Å². The average molecular weight is 274 g/mol. The Bertz CT molecular complexity index is 572. The van der Waals surface area contributed by atoms with Crippen molar-refractivity contribution in [2.75, 3.05) is 13.2 Å². The van der Waals surface area contributed by atoms with Crippen molar-refractivity contribution in [1.29, 1.82) is 0 Å². The van der Waals surface area contributed by atoms with E-state index in [1.165, 1.54) is 0 Å². The third-order valence-corrected chi connectivity index (χ3v) is 3.71. The zero-order valence-electron chi connectivity index (χ0n) is 10.3. The van der Waals surface area contributed by atoms with Crippen LogP contribution < -0.4 is 15.2 Å². The highest BCUT2D eigenvalue weighted by molar-refractivity contribution is 7.99. The molecular weight excluding hydrogens is 260 g/mol. The number of hydrogen-bond acceptors (Lipinski definition) is 5. The van der Waals surface area contributed by atoms with Crippen molar-refractivity contribution in [1.82, 2.24) is 4.98 Å². The van der Waals surface area contributed by atoms with Crippen molar-refractivity contribution in [3.63, 3.8) is 0 Å². The Balaban J connectivity index is 1.78. The van der Waals surface area contributed by atoms with Crippen LogP contribution >= 0.6 is 11.8 Å². The molecule has 5 heteroatoms. The molecule has 0 aliphatic carbocycles. The van der Waals surface area contributed by atoms with E-state index in [4.69, 9.17) is 15.2 Å². The minimum Gasteiger partial charge on any atom is -0.486 e. The maximum Gasteiger partial charge on any atom is 0.162 e. The van der Waals surface area contributed by atoms with Crippen LogP contribution in [0.5, 0.6) is 11.5 Å². The number of pyridine rings is 1. The van der Waals surface area contributed by atoms with Crippen molar-refractivity contribution in [3.8, 4) is 11.5 Å². The fourth-order valence-electron chi connectivity index (χ4n) is 1.80. The maximum atomic E-state index is 5.56. The summed E-state index contributed by atoms with van der Waals surface area (Å²) in [6, 6.07) is 9.90. The molecule has 19 heavy (non-hydrogen) atoms. The Kier molecular flexibility index (Phi) is 3.57. The lowest BCUT2D eigenvalue weighted by molar-refractivity contribution is 0.171. The highest BCUT2D eigenvalue weighted by Crippen LogP contribution is 2.36. The van der Waals surface area contributed by atoms with E-state index in [0.717, 1.165) is 27.0 Å². The zero-order chi connectivity index (χ0) is 13.1. The number of nitrogens with two attached hydrogens (primary N) is 1. The van der Waals surface area contributed by atoms with Gasteiger partial charge in [-0.05, 0) is 29.8 Å². The summed E-state index contributed by atoms with van der Waals surface area (Å²) in [7, 11) is 0. The molecule has 0 saturated heterocycles. The molecule has 2 heterocycles. The van der Waals surface area contributed by atoms with Gasteiger partial charge in [-0.15, -0.1) is 0 Å². The van der Waals surface area contributed by atoms with Gasteiger partial charge >= 0.3 is 0 Å². The molecule has 1 aromatic carbocycles.